The Hall–Kier alpha value is -2.67. The van der Waals surface area contributed by atoms with Gasteiger partial charge < -0.3 is 14.6 Å². The van der Waals surface area contributed by atoms with Gasteiger partial charge in [-0.2, -0.15) is 0 Å². The number of aromatic nitrogens is 2. The smallest absolute Gasteiger partial charge is 0.274 e. The van der Waals surface area contributed by atoms with Gasteiger partial charge in [0.05, 0.1) is 10.2 Å². The summed E-state index contributed by atoms with van der Waals surface area (Å²) >= 11 is 1.58. The SMILES string of the molecule is Cc1ccc(C)c2sc(OC3CCN(C(=O)c4ccc[nH]c4=O)CC3)nc12. The maximum Gasteiger partial charge on any atom is 0.274 e. The molecule has 140 valence electrons. The number of fused-ring (bicyclic) bond motifs is 1. The quantitative estimate of drug-likeness (QED) is 0.753. The van der Waals surface area contributed by atoms with Crippen LogP contribution in [0.4, 0.5) is 0 Å². The highest BCUT2D eigenvalue weighted by atomic mass is 32.1. The van der Waals surface area contributed by atoms with Crippen molar-refractivity contribution in [3.05, 3.63) is 57.5 Å². The number of amides is 1. The maximum atomic E-state index is 12.5. The average Bonchev–Trinajstić information content (AvgIpc) is 3.10. The minimum atomic E-state index is -0.346. The van der Waals surface area contributed by atoms with Crippen LogP contribution in [0, 0.1) is 13.8 Å². The molecule has 2 aromatic heterocycles. The van der Waals surface area contributed by atoms with E-state index >= 15 is 0 Å². The van der Waals surface area contributed by atoms with Crippen LogP contribution < -0.4 is 10.3 Å². The van der Waals surface area contributed by atoms with Gasteiger partial charge in [-0.05, 0) is 37.1 Å². The number of pyridine rings is 1. The molecule has 0 radical (unpaired) electrons. The number of carbonyl (C=O) groups is 1. The predicted octanol–water partition coefficient (Wildman–Crippen LogP) is 3.29. The third-order valence-electron chi connectivity index (χ3n) is 4.97. The molecule has 6 nitrogen and oxygen atoms in total. The normalized spacial score (nSPS) is 15.3. The number of H-pyrrole nitrogens is 1. The Morgan fingerprint density at radius 2 is 1.96 bits per heavy atom. The highest BCUT2D eigenvalue weighted by Gasteiger charge is 2.26. The van der Waals surface area contributed by atoms with E-state index in [0.717, 1.165) is 23.9 Å². The fraction of sp³-hybridized carbons (Fsp3) is 0.350. The van der Waals surface area contributed by atoms with Gasteiger partial charge in [0.15, 0.2) is 0 Å². The summed E-state index contributed by atoms with van der Waals surface area (Å²) in [5.41, 5.74) is 3.20. The maximum absolute atomic E-state index is 12.5. The monoisotopic (exact) mass is 383 g/mol. The average molecular weight is 383 g/mol. The van der Waals surface area contributed by atoms with Gasteiger partial charge in [-0.15, -0.1) is 0 Å². The topological polar surface area (TPSA) is 75.3 Å². The van der Waals surface area contributed by atoms with Crippen molar-refractivity contribution in [3.63, 3.8) is 0 Å². The Morgan fingerprint density at radius 3 is 2.67 bits per heavy atom. The predicted molar refractivity (Wildman–Crippen MR) is 106 cm³/mol. The molecule has 0 aliphatic carbocycles. The van der Waals surface area contributed by atoms with Crippen molar-refractivity contribution in [1.82, 2.24) is 14.9 Å². The number of carbonyl (C=O) groups excluding carboxylic acids is 1. The van der Waals surface area contributed by atoms with Gasteiger partial charge in [-0.1, -0.05) is 23.5 Å². The number of likely N-dealkylation sites (tertiary alicyclic amines) is 1. The molecular formula is C20H21N3O3S. The molecule has 0 spiro atoms. The van der Waals surface area contributed by atoms with Gasteiger partial charge >= 0.3 is 0 Å². The molecular weight excluding hydrogens is 362 g/mol. The van der Waals surface area contributed by atoms with Crippen LogP contribution in [0.2, 0.25) is 0 Å². The molecule has 0 saturated carbocycles. The van der Waals surface area contributed by atoms with Crippen molar-refractivity contribution in [2.45, 2.75) is 32.8 Å². The molecule has 3 heterocycles. The summed E-state index contributed by atoms with van der Waals surface area (Å²) in [6, 6.07) is 7.42. The van der Waals surface area contributed by atoms with Gasteiger partial charge in [-0.3, -0.25) is 9.59 Å². The van der Waals surface area contributed by atoms with E-state index in [1.54, 1.807) is 28.4 Å². The van der Waals surface area contributed by atoms with Gasteiger partial charge in [0.1, 0.15) is 11.7 Å². The van der Waals surface area contributed by atoms with E-state index in [-0.39, 0.29) is 23.1 Å². The molecule has 0 bridgehead atoms. The third kappa shape index (κ3) is 3.47. The Kier molecular flexibility index (Phi) is 4.70. The molecule has 1 N–H and O–H groups in total. The van der Waals surface area contributed by atoms with E-state index in [1.165, 1.54) is 16.5 Å². The van der Waals surface area contributed by atoms with Crippen molar-refractivity contribution in [1.29, 1.82) is 0 Å². The van der Waals surface area contributed by atoms with Crippen LogP contribution in [0.5, 0.6) is 5.19 Å². The molecule has 1 saturated heterocycles. The van der Waals surface area contributed by atoms with Crippen molar-refractivity contribution < 1.29 is 9.53 Å². The number of aromatic amines is 1. The highest BCUT2D eigenvalue weighted by Crippen LogP contribution is 2.33. The van der Waals surface area contributed by atoms with Crippen LogP contribution >= 0.6 is 11.3 Å². The van der Waals surface area contributed by atoms with Gasteiger partial charge in [0, 0.05) is 32.1 Å². The molecule has 1 amide bonds. The first kappa shape index (κ1) is 17.7. The minimum absolute atomic E-state index is 0.0317. The molecule has 4 rings (SSSR count). The summed E-state index contributed by atoms with van der Waals surface area (Å²) in [7, 11) is 0. The Bertz CT molecular complexity index is 1010. The lowest BCUT2D eigenvalue weighted by molar-refractivity contribution is 0.0594. The number of benzene rings is 1. The number of hydrogen-bond acceptors (Lipinski definition) is 5. The molecule has 7 heteroatoms. The summed E-state index contributed by atoms with van der Waals surface area (Å²) in [6.45, 7) is 5.28. The number of thiazole rings is 1. The largest absolute Gasteiger partial charge is 0.467 e. The zero-order valence-electron chi connectivity index (χ0n) is 15.3. The Balaban J connectivity index is 1.42. The number of nitrogens with one attached hydrogen (secondary N) is 1. The number of aryl methyl sites for hydroxylation is 2. The van der Waals surface area contributed by atoms with Gasteiger partial charge in [0.25, 0.3) is 16.7 Å². The molecule has 1 aliphatic rings. The Morgan fingerprint density at radius 1 is 1.22 bits per heavy atom. The van der Waals surface area contributed by atoms with Crippen LogP contribution in [0.15, 0.2) is 35.3 Å². The zero-order valence-corrected chi connectivity index (χ0v) is 16.1. The molecule has 0 unspecified atom stereocenters. The number of rotatable bonds is 3. The summed E-state index contributed by atoms with van der Waals surface area (Å²) in [5.74, 6) is -0.221. The van der Waals surface area contributed by atoms with E-state index in [9.17, 15) is 9.59 Å². The molecule has 3 aromatic rings. The zero-order chi connectivity index (χ0) is 19.0. The van der Waals surface area contributed by atoms with Gasteiger partial charge in [0.2, 0.25) is 0 Å². The lowest BCUT2D eigenvalue weighted by Crippen LogP contribution is -2.43. The summed E-state index contributed by atoms with van der Waals surface area (Å²) in [6.07, 6.45) is 3.01. The van der Waals surface area contributed by atoms with E-state index in [0.29, 0.717) is 18.3 Å². The van der Waals surface area contributed by atoms with Crippen LogP contribution in [0.3, 0.4) is 0 Å². The second kappa shape index (κ2) is 7.15. The lowest BCUT2D eigenvalue weighted by Gasteiger charge is -2.31. The first-order valence-electron chi connectivity index (χ1n) is 9.03. The number of ether oxygens (including phenoxy) is 1. The minimum Gasteiger partial charge on any atom is -0.467 e. The highest BCUT2D eigenvalue weighted by molar-refractivity contribution is 7.20. The molecule has 27 heavy (non-hydrogen) atoms. The molecule has 1 aliphatic heterocycles. The number of piperidine rings is 1. The van der Waals surface area contributed by atoms with Crippen molar-refractivity contribution in [2.24, 2.45) is 0 Å². The second-order valence-corrected chi connectivity index (χ2v) is 7.84. The summed E-state index contributed by atoms with van der Waals surface area (Å²) in [5, 5.41) is 0.687. The summed E-state index contributed by atoms with van der Waals surface area (Å²) < 4.78 is 7.28. The number of hydrogen-bond donors (Lipinski definition) is 1. The fourth-order valence-electron chi connectivity index (χ4n) is 3.37. The first-order chi connectivity index (χ1) is 13.0. The Labute approximate surface area is 160 Å². The van der Waals surface area contributed by atoms with Crippen LogP contribution in [0.1, 0.15) is 34.3 Å². The fourth-order valence-corrected chi connectivity index (χ4v) is 4.40. The lowest BCUT2D eigenvalue weighted by atomic mass is 10.1. The van der Waals surface area contributed by atoms with E-state index in [2.05, 4.69) is 35.9 Å². The van der Waals surface area contributed by atoms with E-state index < -0.39 is 0 Å². The van der Waals surface area contributed by atoms with Crippen molar-refractivity contribution >= 4 is 27.5 Å². The van der Waals surface area contributed by atoms with E-state index in [4.69, 9.17) is 4.74 Å². The summed E-state index contributed by atoms with van der Waals surface area (Å²) in [4.78, 5) is 33.3. The first-order valence-corrected chi connectivity index (χ1v) is 9.85. The van der Waals surface area contributed by atoms with Crippen LogP contribution in [-0.2, 0) is 0 Å². The van der Waals surface area contributed by atoms with Crippen molar-refractivity contribution in [2.75, 3.05) is 13.1 Å². The van der Waals surface area contributed by atoms with Crippen molar-refractivity contribution in [3.8, 4) is 5.19 Å². The van der Waals surface area contributed by atoms with Gasteiger partial charge in [-0.25, -0.2) is 4.98 Å². The van der Waals surface area contributed by atoms with E-state index in [1.807, 2.05) is 0 Å². The van der Waals surface area contributed by atoms with Crippen LogP contribution in [-0.4, -0.2) is 40.0 Å². The van der Waals surface area contributed by atoms with Crippen LogP contribution in [0.25, 0.3) is 10.2 Å². The number of nitrogens with zero attached hydrogens (tertiary/aromatic N) is 2. The molecule has 1 fully saturated rings. The molecule has 1 aromatic carbocycles. The molecule has 0 atom stereocenters. The standard InChI is InChI=1S/C20H21N3O3S/c1-12-5-6-13(2)17-16(12)22-20(27-17)26-14-7-10-23(11-8-14)19(25)15-4-3-9-21-18(15)24/h3-6,9,14H,7-8,10-11H2,1-2H3,(H,21,24). The third-order valence-corrected chi connectivity index (χ3v) is 6.05. The second-order valence-electron chi connectivity index (χ2n) is 6.88.